The van der Waals surface area contributed by atoms with Crippen LogP contribution in [0.15, 0.2) is 28.9 Å². The highest BCUT2D eigenvalue weighted by Gasteiger charge is 2.28. The van der Waals surface area contributed by atoms with E-state index in [1.54, 1.807) is 11.1 Å². The van der Waals surface area contributed by atoms with Crippen LogP contribution < -0.4 is 0 Å². The van der Waals surface area contributed by atoms with Crippen LogP contribution in [0.4, 0.5) is 4.79 Å². The van der Waals surface area contributed by atoms with Gasteiger partial charge in [0.25, 0.3) is 0 Å². The van der Waals surface area contributed by atoms with E-state index in [4.69, 9.17) is 9.72 Å². The van der Waals surface area contributed by atoms with Crippen molar-refractivity contribution in [2.45, 2.75) is 39.5 Å². The lowest BCUT2D eigenvalue weighted by Crippen LogP contribution is -2.41. The minimum Gasteiger partial charge on any atom is -0.444 e. The maximum absolute atomic E-state index is 12.3. The molecule has 0 saturated carbocycles. The summed E-state index contributed by atoms with van der Waals surface area (Å²) in [7, 11) is 0. The molecule has 4 rings (SSSR count). The summed E-state index contributed by atoms with van der Waals surface area (Å²) < 4.78 is 8.67. The highest BCUT2D eigenvalue weighted by molar-refractivity contribution is 9.10. The minimum atomic E-state index is -0.498. The molecule has 0 spiro atoms. The van der Waals surface area contributed by atoms with Crippen LogP contribution >= 0.6 is 15.9 Å². The number of benzene rings is 1. The van der Waals surface area contributed by atoms with E-state index in [1.807, 2.05) is 32.9 Å². The zero-order chi connectivity index (χ0) is 17.8. The summed E-state index contributed by atoms with van der Waals surface area (Å²) in [5, 5.41) is 1.07. The van der Waals surface area contributed by atoms with Gasteiger partial charge in [0, 0.05) is 22.9 Å². The third kappa shape index (κ3) is 2.97. The number of halogens is 1. The van der Waals surface area contributed by atoms with Crippen LogP contribution in [-0.2, 0) is 17.8 Å². The van der Waals surface area contributed by atoms with Crippen LogP contribution in [0, 0.1) is 0 Å². The third-order valence-electron chi connectivity index (χ3n) is 4.19. The van der Waals surface area contributed by atoms with Gasteiger partial charge < -0.3 is 9.30 Å². The molecule has 3 heterocycles. The molecule has 6 nitrogen and oxygen atoms in total. The van der Waals surface area contributed by atoms with Gasteiger partial charge in [0.15, 0.2) is 0 Å². The first-order valence-electron chi connectivity index (χ1n) is 8.23. The van der Waals surface area contributed by atoms with Crippen LogP contribution in [0.25, 0.3) is 21.9 Å². The highest BCUT2D eigenvalue weighted by Crippen LogP contribution is 2.29. The smallest absolute Gasteiger partial charge is 0.410 e. The Morgan fingerprint density at radius 1 is 1.24 bits per heavy atom. The van der Waals surface area contributed by atoms with E-state index in [1.165, 1.54) is 0 Å². The number of aromatic nitrogens is 3. The molecule has 1 amide bonds. The van der Waals surface area contributed by atoms with Crippen LogP contribution in [0.2, 0.25) is 0 Å². The monoisotopic (exact) mass is 402 g/mol. The number of amides is 1. The second-order valence-electron chi connectivity index (χ2n) is 7.24. The highest BCUT2D eigenvalue weighted by atomic mass is 79.9. The predicted molar refractivity (Wildman–Crippen MR) is 99.4 cm³/mol. The topological polar surface area (TPSA) is 60.2 Å². The molecule has 0 N–H and O–H groups in total. The van der Waals surface area contributed by atoms with Crippen molar-refractivity contribution in [2.75, 3.05) is 6.54 Å². The summed E-state index contributed by atoms with van der Waals surface area (Å²) in [5.41, 5.74) is 2.37. The molecule has 0 fully saturated rings. The van der Waals surface area contributed by atoms with Crippen molar-refractivity contribution in [3.63, 3.8) is 0 Å². The maximum Gasteiger partial charge on any atom is 0.410 e. The number of hydrogen-bond acceptors (Lipinski definition) is 4. The average molecular weight is 403 g/mol. The quantitative estimate of drug-likeness (QED) is 0.567. The second kappa shape index (κ2) is 5.69. The Labute approximate surface area is 153 Å². The number of nitrogens with zero attached hydrogens (tertiary/aromatic N) is 4. The lowest BCUT2D eigenvalue weighted by atomic mass is 10.2. The van der Waals surface area contributed by atoms with Crippen LogP contribution in [-0.4, -0.2) is 37.7 Å². The molecule has 0 radical (unpaired) electrons. The summed E-state index contributed by atoms with van der Waals surface area (Å²) in [6.07, 6.45) is 1.51. The van der Waals surface area contributed by atoms with Crippen molar-refractivity contribution < 1.29 is 9.53 Å². The molecular formula is C18H19BrN4O2. The summed E-state index contributed by atoms with van der Waals surface area (Å²) >= 11 is 3.49. The van der Waals surface area contributed by atoms with E-state index in [0.717, 1.165) is 32.2 Å². The average Bonchev–Trinajstić information content (AvgIpc) is 2.90. The molecule has 25 heavy (non-hydrogen) atoms. The van der Waals surface area contributed by atoms with Gasteiger partial charge in [-0.15, -0.1) is 0 Å². The number of imidazole rings is 1. The van der Waals surface area contributed by atoms with Gasteiger partial charge in [-0.1, -0.05) is 15.9 Å². The van der Waals surface area contributed by atoms with E-state index in [2.05, 4.69) is 31.5 Å². The van der Waals surface area contributed by atoms with Crippen LogP contribution in [0.5, 0.6) is 0 Å². The number of carbonyl (C=O) groups is 1. The number of fused-ring (bicyclic) bond motifs is 5. The Morgan fingerprint density at radius 2 is 2.04 bits per heavy atom. The first-order valence-corrected chi connectivity index (χ1v) is 9.02. The molecule has 0 atom stereocenters. The van der Waals surface area contributed by atoms with E-state index < -0.39 is 5.60 Å². The number of pyridine rings is 1. The van der Waals surface area contributed by atoms with Crippen LogP contribution in [0.3, 0.4) is 0 Å². The van der Waals surface area contributed by atoms with Crippen molar-refractivity contribution >= 4 is 44.0 Å². The molecule has 0 unspecified atom stereocenters. The van der Waals surface area contributed by atoms with E-state index in [9.17, 15) is 4.79 Å². The standard InChI is InChI=1S/C18H19BrN4O2/c1-18(2,3)25-17(24)22-6-7-23-15(10-22)21-14-9-20-13-8-11(19)4-5-12(13)16(14)23/h4-5,8-9H,6-7,10H2,1-3H3. The molecule has 0 bridgehead atoms. The first-order chi connectivity index (χ1) is 11.8. The molecule has 1 aromatic carbocycles. The third-order valence-corrected chi connectivity index (χ3v) is 4.69. The van der Waals surface area contributed by atoms with E-state index >= 15 is 0 Å². The Balaban J connectivity index is 1.74. The number of carbonyl (C=O) groups excluding carboxylic acids is 1. The van der Waals surface area contributed by atoms with Gasteiger partial charge in [0.1, 0.15) is 16.9 Å². The summed E-state index contributed by atoms with van der Waals surface area (Å²) in [4.78, 5) is 23.2. The van der Waals surface area contributed by atoms with Gasteiger partial charge in [-0.05, 0) is 39.0 Å². The van der Waals surface area contributed by atoms with Crippen molar-refractivity contribution in [3.05, 3.63) is 34.7 Å². The first kappa shape index (κ1) is 16.3. The fraction of sp³-hybridized carbons (Fsp3) is 0.389. The van der Waals surface area contributed by atoms with Crippen molar-refractivity contribution in [1.82, 2.24) is 19.4 Å². The summed E-state index contributed by atoms with van der Waals surface area (Å²) in [6, 6.07) is 6.08. The van der Waals surface area contributed by atoms with E-state index in [-0.39, 0.29) is 6.09 Å². The number of hydrogen-bond donors (Lipinski definition) is 0. The number of ether oxygens (including phenoxy) is 1. The van der Waals surface area contributed by atoms with Gasteiger partial charge >= 0.3 is 6.09 Å². The molecule has 0 saturated heterocycles. The van der Waals surface area contributed by atoms with Gasteiger partial charge in [-0.25, -0.2) is 9.78 Å². The molecule has 0 aliphatic carbocycles. The van der Waals surface area contributed by atoms with Crippen molar-refractivity contribution in [1.29, 1.82) is 0 Å². The zero-order valence-electron chi connectivity index (χ0n) is 14.4. The number of rotatable bonds is 0. The normalized spacial score (nSPS) is 14.8. The summed E-state index contributed by atoms with van der Waals surface area (Å²) in [6.45, 7) is 7.37. The molecule has 1 aliphatic rings. The van der Waals surface area contributed by atoms with Gasteiger partial charge in [-0.2, -0.15) is 0 Å². The van der Waals surface area contributed by atoms with E-state index in [0.29, 0.717) is 19.6 Å². The second-order valence-corrected chi connectivity index (χ2v) is 8.15. The fourth-order valence-electron chi connectivity index (χ4n) is 3.15. The Hall–Kier alpha value is -2.15. The summed E-state index contributed by atoms with van der Waals surface area (Å²) in [5.74, 6) is 0.865. The lowest BCUT2D eigenvalue weighted by molar-refractivity contribution is 0.0197. The van der Waals surface area contributed by atoms with Crippen molar-refractivity contribution in [3.8, 4) is 0 Å². The largest absolute Gasteiger partial charge is 0.444 e. The van der Waals surface area contributed by atoms with Crippen LogP contribution in [0.1, 0.15) is 26.6 Å². The maximum atomic E-state index is 12.3. The molecule has 7 heteroatoms. The predicted octanol–water partition coefficient (Wildman–Crippen LogP) is 4.10. The lowest BCUT2D eigenvalue weighted by Gasteiger charge is -2.30. The molecule has 2 aromatic heterocycles. The Bertz CT molecular complexity index is 990. The Morgan fingerprint density at radius 3 is 2.80 bits per heavy atom. The Kier molecular flexibility index (Phi) is 3.72. The SMILES string of the molecule is CC(C)(C)OC(=O)N1CCn2c(nc3cnc4cc(Br)ccc4c32)C1. The van der Waals surface area contributed by atoms with Gasteiger partial charge in [-0.3, -0.25) is 9.88 Å². The zero-order valence-corrected chi connectivity index (χ0v) is 16.0. The molecule has 1 aliphatic heterocycles. The van der Waals surface area contributed by atoms with Crippen molar-refractivity contribution in [2.24, 2.45) is 0 Å². The minimum absolute atomic E-state index is 0.294. The van der Waals surface area contributed by atoms with Gasteiger partial charge in [0.2, 0.25) is 0 Å². The molecular weight excluding hydrogens is 384 g/mol. The molecule has 3 aromatic rings. The molecule has 130 valence electrons. The van der Waals surface area contributed by atoms with Gasteiger partial charge in [0.05, 0.1) is 23.8 Å². The fourth-order valence-corrected chi connectivity index (χ4v) is 3.50.